The first-order valence-electron chi connectivity index (χ1n) is 5.15. The van der Waals surface area contributed by atoms with Crippen LogP contribution in [0.15, 0.2) is 22.9 Å². The Morgan fingerprint density at radius 3 is 2.81 bits per heavy atom. The van der Waals surface area contributed by atoms with Crippen LogP contribution in [0, 0.1) is 5.92 Å². The van der Waals surface area contributed by atoms with Gasteiger partial charge >= 0.3 is 5.97 Å². The molecule has 4 nitrogen and oxygen atoms in total. The summed E-state index contributed by atoms with van der Waals surface area (Å²) in [6, 6.07) is 0. The third-order valence-corrected chi connectivity index (χ3v) is 2.61. The predicted molar refractivity (Wildman–Crippen MR) is 63.5 cm³/mol. The summed E-state index contributed by atoms with van der Waals surface area (Å²) in [5.74, 6) is -0.193. The van der Waals surface area contributed by atoms with E-state index < -0.39 is 11.5 Å². The minimum atomic E-state index is -1.18. The van der Waals surface area contributed by atoms with Crippen molar-refractivity contribution < 1.29 is 9.53 Å². The third-order valence-electron chi connectivity index (χ3n) is 2.24. The largest absolute Gasteiger partial charge is 0.464 e. The normalized spacial score (nSPS) is 25.1. The Balaban J connectivity index is 2.70. The molecule has 0 bridgehead atoms. The summed E-state index contributed by atoms with van der Waals surface area (Å²) in [7, 11) is 0. The van der Waals surface area contributed by atoms with Crippen LogP contribution in [-0.2, 0) is 9.53 Å². The Labute approximate surface area is 100 Å². The molecule has 4 N–H and O–H groups in total. The van der Waals surface area contributed by atoms with E-state index in [1.165, 1.54) is 6.08 Å². The van der Waals surface area contributed by atoms with E-state index in [-0.39, 0.29) is 5.92 Å². The van der Waals surface area contributed by atoms with Gasteiger partial charge in [0.05, 0.1) is 11.6 Å². The molecule has 1 unspecified atom stereocenters. The fourth-order valence-corrected chi connectivity index (χ4v) is 1.43. The molecule has 0 aromatic rings. The second kappa shape index (κ2) is 4.89. The Hall–Kier alpha value is -1.00. The average Bonchev–Trinajstić information content (AvgIpc) is 2.20. The van der Waals surface area contributed by atoms with Crippen molar-refractivity contribution in [2.45, 2.75) is 25.8 Å². The zero-order chi connectivity index (χ0) is 12.3. The number of allylic oxidation sites excluding steroid dienone is 1. The maximum absolute atomic E-state index is 11.8. The Kier molecular flexibility index (Phi) is 3.99. The Morgan fingerprint density at radius 1 is 1.69 bits per heavy atom. The highest BCUT2D eigenvalue weighted by Gasteiger charge is 2.35. The lowest BCUT2D eigenvalue weighted by Gasteiger charge is -2.26. The molecule has 0 saturated heterocycles. The lowest BCUT2D eigenvalue weighted by atomic mass is 9.91. The van der Waals surface area contributed by atoms with E-state index in [9.17, 15) is 4.79 Å². The molecule has 0 aromatic carbocycles. The molecule has 16 heavy (non-hydrogen) atoms. The average molecular weight is 245 g/mol. The maximum atomic E-state index is 11.8. The number of hydrogen-bond acceptors (Lipinski definition) is 4. The summed E-state index contributed by atoms with van der Waals surface area (Å²) in [6.07, 6.45) is 3.40. The molecule has 0 spiro atoms. The van der Waals surface area contributed by atoms with Crippen LogP contribution in [0.4, 0.5) is 0 Å². The summed E-state index contributed by atoms with van der Waals surface area (Å²) in [6.45, 7) is 4.26. The van der Waals surface area contributed by atoms with Crippen molar-refractivity contribution in [1.82, 2.24) is 0 Å². The monoisotopic (exact) mass is 244 g/mol. The van der Waals surface area contributed by atoms with Crippen LogP contribution < -0.4 is 11.5 Å². The topological polar surface area (TPSA) is 78.3 Å². The van der Waals surface area contributed by atoms with Gasteiger partial charge in [-0.3, -0.25) is 0 Å². The molecule has 1 aliphatic carbocycles. The van der Waals surface area contributed by atoms with Crippen LogP contribution in [0.5, 0.6) is 0 Å². The fraction of sp³-hybridized carbons (Fsp3) is 0.545. The zero-order valence-electron chi connectivity index (χ0n) is 9.50. The van der Waals surface area contributed by atoms with Crippen LogP contribution in [0.2, 0.25) is 0 Å². The molecule has 0 radical (unpaired) electrons. The van der Waals surface area contributed by atoms with Crippen molar-refractivity contribution in [3.8, 4) is 0 Å². The summed E-state index contributed by atoms with van der Waals surface area (Å²) in [5.41, 5.74) is 10.7. The standard InChI is InChI=1S/C11H17ClN2O2/c1-7(2)6-16-10(15)11(14)4-3-8(12)9(13)5-11/h3,5,7H,4,6,13-14H2,1-2H3. The first kappa shape index (κ1) is 13.1. The highest BCUT2D eigenvalue weighted by atomic mass is 35.5. The Bertz CT molecular complexity index is 350. The van der Waals surface area contributed by atoms with E-state index >= 15 is 0 Å². The number of carbonyl (C=O) groups excluding carboxylic acids is 1. The molecule has 0 heterocycles. The molecule has 1 rings (SSSR count). The number of carbonyl (C=O) groups is 1. The highest BCUT2D eigenvalue weighted by molar-refractivity contribution is 6.32. The lowest BCUT2D eigenvalue weighted by Crippen LogP contribution is -2.49. The van der Waals surface area contributed by atoms with E-state index in [1.807, 2.05) is 13.8 Å². The summed E-state index contributed by atoms with van der Waals surface area (Å²) in [4.78, 5) is 11.8. The number of ether oxygens (including phenoxy) is 1. The summed E-state index contributed by atoms with van der Waals surface area (Å²) in [5, 5.41) is 0.428. The van der Waals surface area contributed by atoms with Crippen LogP contribution in [0.3, 0.4) is 0 Å². The van der Waals surface area contributed by atoms with Crippen molar-refractivity contribution in [1.29, 1.82) is 0 Å². The van der Waals surface area contributed by atoms with Gasteiger partial charge in [0.15, 0.2) is 0 Å². The van der Waals surface area contributed by atoms with Crippen molar-refractivity contribution >= 4 is 17.6 Å². The van der Waals surface area contributed by atoms with E-state index in [4.69, 9.17) is 27.8 Å². The van der Waals surface area contributed by atoms with E-state index in [0.717, 1.165) is 0 Å². The molecular formula is C11H17ClN2O2. The molecule has 1 atom stereocenters. The van der Waals surface area contributed by atoms with Crippen molar-refractivity contribution in [2.75, 3.05) is 6.61 Å². The van der Waals surface area contributed by atoms with Gasteiger partial charge in [-0.25, -0.2) is 4.79 Å². The quantitative estimate of drug-likeness (QED) is 0.733. The first-order chi connectivity index (χ1) is 7.35. The van der Waals surface area contributed by atoms with Gasteiger partial charge in [0.1, 0.15) is 5.54 Å². The van der Waals surface area contributed by atoms with Crippen LogP contribution in [0.25, 0.3) is 0 Å². The van der Waals surface area contributed by atoms with E-state index in [0.29, 0.717) is 23.8 Å². The second-order valence-corrected chi connectivity index (χ2v) is 4.80. The molecule has 0 amide bonds. The second-order valence-electron chi connectivity index (χ2n) is 4.39. The third kappa shape index (κ3) is 3.00. The number of hydrogen-bond donors (Lipinski definition) is 2. The maximum Gasteiger partial charge on any atom is 0.330 e. The molecule has 0 aliphatic heterocycles. The van der Waals surface area contributed by atoms with Crippen molar-refractivity contribution in [3.05, 3.63) is 22.9 Å². The molecule has 1 aliphatic rings. The minimum Gasteiger partial charge on any atom is -0.464 e. The number of nitrogens with two attached hydrogens (primary N) is 2. The summed E-state index contributed by atoms with van der Waals surface area (Å²) < 4.78 is 5.09. The zero-order valence-corrected chi connectivity index (χ0v) is 10.3. The van der Waals surface area contributed by atoms with Gasteiger partial charge in [-0.05, 0) is 18.4 Å². The molecule has 90 valence electrons. The van der Waals surface area contributed by atoms with Gasteiger partial charge in [0.2, 0.25) is 0 Å². The molecular weight excluding hydrogens is 228 g/mol. The van der Waals surface area contributed by atoms with E-state index in [1.54, 1.807) is 6.08 Å². The highest BCUT2D eigenvalue weighted by Crippen LogP contribution is 2.25. The SMILES string of the molecule is CC(C)COC(=O)C1(N)C=C(N)C(Cl)=CC1. The van der Waals surface area contributed by atoms with Gasteiger partial charge in [0, 0.05) is 5.70 Å². The van der Waals surface area contributed by atoms with Gasteiger partial charge in [-0.1, -0.05) is 31.5 Å². The van der Waals surface area contributed by atoms with Crippen molar-refractivity contribution in [2.24, 2.45) is 17.4 Å². The van der Waals surface area contributed by atoms with Gasteiger partial charge in [-0.15, -0.1) is 0 Å². The van der Waals surface area contributed by atoms with Crippen LogP contribution in [0.1, 0.15) is 20.3 Å². The summed E-state index contributed by atoms with van der Waals surface area (Å²) >= 11 is 5.79. The molecule has 5 heteroatoms. The van der Waals surface area contributed by atoms with Crippen LogP contribution in [-0.4, -0.2) is 18.1 Å². The molecule has 0 aromatic heterocycles. The van der Waals surface area contributed by atoms with Gasteiger partial charge < -0.3 is 16.2 Å². The van der Waals surface area contributed by atoms with Crippen LogP contribution >= 0.6 is 11.6 Å². The molecule has 0 fully saturated rings. The molecule has 0 saturated carbocycles. The van der Waals surface area contributed by atoms with Gasteiger partial charge in [-0.2, -0.15) is 0 Å². The number of esters is 1. The van der Waals surface area contributed by atoms with Gasteiger partial charge in [0.25, 0.3) is 0 Å². The predicted octanol–water partition coefficient (Wildman–Crippen LogP) is 1.25. The fourth-order valence-electron chi connectivity index (χ4n) is 1.30. The van der Waals surface area contributed by atoms with E-state index in [2.05, 4.69) is 0 Å². The first-order valence-corrected chi connectivity index (χ1v) is 5.53. The lowest BCUT2D eigenvalue weighted by molar-refractivity contribution is -0.149. The van der Waals surface area contributed by atoms with Crippen molar-refractivity contribution in [3.63, 3.8) is 0 Å². The smallest absolute Gasteiger partial charge is 0.330 e. The minimum absolute atomic E-state index is 0.275. The number of halogens is 1. The Morgan fingerprint density at radius 2 is 2.31 bits per heavy atom. The number of rotatable bonds is 3.